The molecule has 0 saturated carbocycles. The lowest BCUT2D eigenvalue weighted by molar-refractivity contribution is 0.320. The molecule has 1 aliphatic heterocycles. The minimum atomic E-state index is 0.665. The average molecular weight is 230 g/mol. The molecular formula is C15H22N2. The van der Waals surface area contributed by atoms with Crippen LogP contribution in [0.15, 0.2) is 43.0 Å². The molecule has 0 bridgehead atoms. The third-order valence-corrected chi connectivity index (χ3v) is 3.30. The summed E-state index contributed by atoms with van der Waals surface area (Å²) in [5.74, 6) is 0. The Bertz CT molecular complexity index is 334. The van der Waals surface area contributed by atoms with Gasteiger partial charge in [0, 0.05) is 25.7 Å². The molecule has 0 aliphatic carbocycles. The molecule has 0 spiro atoms. The van der Waals surface area contributed by atoms with Gasteiger partial charge in [-0.2, -0.15) is 0 Å². The van der Waals surface area contributed by atoms with E-state index < -0.39 is 0 Å². The van der Waals surface area contributed by atoms with Crippen LogP contribution in [0, 0.1) is 0 Å². The van der Waals surface area contributed by atoms with Gasteiger partial charge in [-0.3, -0.25) is 4.90 Å². The number of nitrogens with zero attached hydrogens (tertiary/aromatic N) is 1. The lowest BCUT2D eigenvalue weighted by atomic mass is 10.2. The van der Waals surface area contributed by atoms with Gasteiger partial charge in [-0.25, -0.2) is 0 Å². The van der Waals surface area contributed by atoms with Crippen LogP contribution < -0.4 is 5.32 Å². The lowest BCUT2D eigenvalue weighted by Gasteiger charge is -2.16. The summed E-state index contributed by atoms with van der Waals surface area (Å²) >= 11 is 0. The number of hydrogen-bond donors (Lipinski definition) is 1. The molecule has 0 aromatic heterocycles. The Morgan fingerprint density at radius 3 is 2.94 bits per heavy atom. The molecule has 92 valence electrons. The normalized spacial score (nSPS) is 20.6. The fourth-order valence-electron chi connectivity index (χ4n) is 2.37. The molecule has 2 rings (SSSR count). The molecule has 1 saturated heterocycles. The molecular weight excluding hydrogens is 208 g/mol. The second-order valence-electron chi connectivity index (χ2n) is 4.74. The van der Waals surface area contributed by atoms with E-state index in [-0.39, 0.29) is 0 Å². The van der Waals surface area contributed by atoms with Crippen molar-refractivity contribution in [3.05, 3.63) is 48.6 Å². The second kappa shape index (κ2) is 6.58. The first-order valence-electron chi connectivity index (χ1n) is 6.49. The van der Waals surface area contributed by atoms with Gasteiger partial charge < -0.3 is 5.32 Å². The molecule has 1 aromatic carbocycles. The third-order valence-electron chi connectivity index (χ3n) is 3.30. The van der Waals surface area contributed by atoms with Crippen LogP contribution in [0.5, 0.6) is 0 Å². The first kappa shape index (κ1) is 12.3. The fourth-order valence-corrected chi connectivity index (χ4v) is 2.37. The monoisotopic (exact) mass is 230 g/mol. The van der Waals surface area contributed by atoms with Gasteiger partial charge in [-0.1, -0.05) is 36.4 Å². The minimum absolute atomic E-state index is 0.665. The van der Waals surface area contributed by atoms with E-state index in [1.807, 2.05) is 6.08 Å². The topological polar surface area (TPSA) is 15.3 Å². The van der Waals surface area contributed by atoms with Crippen molar-refractivity contribution in [1.82, 2.24) is 10.2 Å². The van der Waals surface area contributed by atoms with E-state index in [0.717, 1.165) is 19.5 Å². The number of likely N-dealkylation sites (tertiary alicyclic amines) is 1. The van der Waals surface area contributed by atoms with E-state index in [9.17, 15) is 0 Å². The van der Waals surface area contributed by atoms with Crippen LogP contribution in [0.4, 0.5) is 0 Å². The molecule has 2 nitrogen and oxygen atoms in total. The summed E-state index contributed by atoms with van der Waals surface area (Å²) in [5.41, 5.74) is 1.42. The summed E-state index contributed by atoms with van der Waals surface area (Å²) in [6.45, 7) is 8.27. The SMILES string of the molecule is C=CCCNC1CCN(Cc2ccccc2)C1. The van der Waals surface area contributed by atoms with Gasteiger partial charge >= 0.3 is 0 Å². The van der Waals surface area contributed by atoms with Crippen molar-refractivity contribution in [3.8, 4) is 0 Å². The summed E-state index contributed by atoms with van der Waals surface area (Å²) in [7, 11) is 0. The second-order valence-corrected chi connectivity index (χ2v) is 4.74. The molecule has 17 heavy (non-hydrogen) atoms. The summed E-state index contributed by atoms with van der Waals surface area (Å²) in [6.07, 6.45) is 4.31. The quantitative estimate of drug-likeness (QED) is 0.596. The van der Waals surface area contributed by atoms with E-state index in [2.05, 4.69) is 47.1 Å². The van der Waals surface area contributed by atoms with E-state index in [0.29, 0.717) is 6.04 Å². The minimum Gasteiger partial charge on any atom is -0.312 e. The van der Waals surface area contributed by atoms with Crippen molar-refractivity contribution in [2.75, 3.05) is 19.6 Å². The van der Waals surface area contributed by atoms with Gasteiger partial charge in [0.2, 0.25) is 0 Å². The van der Waals surface area contributed by atoms with Crippen LogP contribution in [0.25, 0.3) is 0 Å². The van der Waals surface area contributed by atoms with Crippen molar-refractivity contribution in [1.29, 1.82) is 0 Å². The fraction of sp³-hybridized carbons (Fsp3) is 0.467. The molecule has 0 radical (unpaired) electrons. The Balaban J connectivity index is 1.72. The average Bonchev–Trinajstić information content (AvgIpc) is 2.79. The number of hydrogen-bond acceptors (Lipinski definition) is 2. The van der Waals surface area contributed by atoms with Crippen LogP contribution in [-0.2, 0) is 6.54 Å². The largest absolute Gasteiger partial charge is 0.312 e. The van der Waals surface area contributed by atoms with Crippen molar-refractivity contribution >= 4 is 0 Å². The van der Waals surface area contributed by atoms with Crippen molar-refractivity contribution in [3.63, 3.8) is 0 Å². The van der Waals surface area contributed by atoms with E-state index in [1.54, 1.807) is 0 Å². The van der Waals surface area contributed by atoms with Gasteiger partial charge in [0.25, 0.3) is 0 Å². The maximum absolute atomic E-state index is 3.75. The molecule has 1 N–H and O–H groups in total. The van der Waals surface area contributed by atoms with Gasteiger partial charge in [0.15, 0.2) is 0 Å². The molecule has 1 fully saturated rings. The van der Waals surface area contributed by atoms with E-state index >= 15 is 0 Å². The first-order chi connectivity index (χ1) is 8.38. The number of rotatable bonds is 6. The van der Waals surface area contributed by atoms with Crippen molar-refractivity contribution < 1.29 is 0 Å². The molecule has 0 amide bonds. The Hall–Kier alpha value is -1.12. The van der Waals surface area contributed by atoms with Crippen LogP contribution in [0.1, 0.15) is 18.4 Å². The van der Waals surface area contributed by atoms with Gasteiger partial charge in [0.05, 0.1) is 0 Å². The summed E-state index contributed by atoms with van der Waals surface area (Å²) < 4.78 is 0. The predicted octanol–water partition coefficient (Wildman–Crippen LogP) is 2.43. The molecule has 1 unspecified atom stereocenters. The van der Waals surface area contributed by atoms with Crippen molar-refractivity contribution in [2.45, 2.75) is 25.4 Å². The predicted molar refractivity (Wildman–Crippen MR) is 72.9 cm³/mol. The highest BCUT2D eigenvalue weighted by Gasteiger charge is 2.21. The molecule has 1 aromatic rings. The molecule has 1 heterocycles. The zero-order chi connectivity index (χ0) is 11.9. The van der Waals surface area contributed by atoms with Gasteiger partial charge in [0.1, 0.15) is 0 Å². The summed E-state index contributed by atoms with van der Waals surface area (Å²) in [6, 6.07) is 11.4. The zero-order valence-corrected chi connectivity index (χ0v) is 10.4. The van der Waals surface area contributed by atoms with Gasteiger partial charge in [-0.05, 0) is 24.9 Å². The maximum atomic E-state index is 3.75. The summed E-state index contributed by atoms with van der Waals surface area (Å²) in [5, 5.41) is 3.59. The number of nitrogens with one attached hydrogen (secondary N) is 1. The van der Waals surface area contributed by atoms with Gasteiger partial charge in [-0.15, -0.1) is 6.58 Å². The van der Waals surface area contributed by atoms with Crippen LogP contribution in [0.3, 0.4) is 0 Å². The highest BCUT2D eigenvalue weighted by Crippen LogP contribution is 2.13. The third kappa shape index (κ3) is 3.99. The maximum Gasteiger partial charge on any atom is 0.0234 e. The first-order valence-corrected chi connectivity index (χ1v) is 6.49. The Morgan fingerprint density at radius 1 is 1.35 bits per heavy atom. The van der Waals surface area contributed by atoms with Crippen LogP contribution >= 0.6 is 0 Å². The van der Waals surface area contributed by atoms with E-state index in [1.165, 1.54) is 25.1 Å². The Labute approximate surface area is 104 Å². The lowest BCUT2D eigenvalue weighted by Crippen LogP contribution is -2.32. The highest BCUT2D eigenvalue weighted by molar-refractivity contribution is 5.14. The van der Waals surface area contributed by atoms with Crippen LogP contribution in [0.2, 0.25) is 0 Å². The standard InChI is InChI=1S/C15H22N2/c1-2-3-10-16-15-9-11-17(13-15)12-14-7-5-4-6-8-14/h2,4-8,15-16H,1,3,9-13H2. The van der Waals surface area contributed by atoms with E-state index in [4.69, 9.17) is 0 Å². The van der Waals surface area contributed by atoms with Crippen molar-refractivity contribution in [2.24, 2.45) is 0 Å². The Kier molecular flexibility index (Phi) is 4.77. The zero-order valence-electron chi connectivity index (χ0n) is 10.4. The highest BCUT2D eigenvalue weighted by atomic mass is 15.2. The molecule has 2 heteroatoms. The smallest absolute Gasteiger partial charge is 0.0234 e. The molecule has 1 aliphatic rings. The molecule has 1 atom stereocenters. The van der Waals surface area contributed by atoms with Crippen LogP contribution in [-0.4, -0.2) is 30.6 Å². The Morgan fingerprint density at radius 2 is 2.18 bits per heavy atom. The summed E-state index contributed by atoms with van der Waals surface area (Å²) in [4.78, 5) is 2.53. The number of benzene rings is 1.